The summed E-state index contributed by atoms with van der Waals surface area (Å²) in [4.78, 5) is 28.6. The molecule has 4 rings (SSSR count). The molecule has 250 valence electrons. The second-order valence-corrected chi connectivity index (χ2v) is 13.1. The quantitative estimate of drug-likeness (QED) is 0.100. The molecule has 14 heteroatoms. The number of carbonyl (C=O) groups is 1. The predicted molar refractivity (Wildman–Crippen MR) is 163 cm³/mol. The van der Waals surface area contributed by atoms with Crippen molar-refractivity contribution in [2.45, 2.75) is 121 Å². The van der Waals surface area contributed by atoms with Crippen molar-refractivity contribution in [2.24, 2.45) is 0 Å². The van der Waals surface area contributed by atoms with Gasteiger partial charge in [0.05, 0.1) is 13.2 Å². The Balaban J connectivity index is 1.31. The molecule has 0 bridgehead atoms. The lowest BCUT2D eigenvalue weighted by Gasteiger charge is -2.27. The fraction of sp³-hybridized carbons (Fsp3) is 0.645. The number of unbranched alkanes of at least 4 members (excludes halogenated alkanes) is 11. The largest absolute Gasteiger partial charge is 0.530 e. The number of nitrogen functional groups attached to an aromatic ring is 1. The van der Waals surface area contributed by atoms with Crippen LogP contribution in [0.3, 0.4) is 0 Å². The molecular weight excluding hydrogens is 611 g/mol. The molecule has 2 aliphatic rings. The zero-order valence-corrected chi connectivity index (χ0v) is 26.6. The Morgan fingerprint density at radius 2 is 1.69 bits per heavy atom. The van der Waals surface area contributed by atoms with Crippen LogP contribution < -0.4 is 15.9 Å². The highest BCUT2D eigenvalue weighted by atomic mass is 31.2. The maximum atomic E-state index is 15.8. The number of rotatable bonds is 18. The van der Waals surface area contributed by atoms with Gasteiger partial charge >= 0.3 is 25.4 Å². The van der Waals surface area contributed by atoms with Gasteiger partial charge in [-0.25, -0.2) is 9.36 Å². The molecule has 0 amide bonds. The van der Waals surface area contributed by atoms with Crippen LogP contribution in [0.25, 0.3) is 0 Å². The number of alkyl halides is 2. The molecular formula is C31H44F2N3O8P. The molecule has 0 aliphatic carbocycles. The number of phosphoric ester groups is 1. The number of benzene rings is 1. The number of ether oxygens (including phenoxy) is 2. The molecule has 1 unspecified atom stereocenters. The number of hydrogen-bond acceptors (Lipinski definition) is 10. The van der Waals surface area contributed by atoms with Crippen molar-refractivity contribution in [1.82, 2.24) is 9.55 Å². The van der Waals surface area contributed by atoms with E-state index >= 15 is 8.78 Å². The SMILES string of the molecule is CCCCCCCCCCCCCCC(=O)O[C@@H]1[C@@H](COP2(=O)OCc3ccccc3O2)O[C@@H](n2ccc(N)nc2=O)C1(F)F. The number of esters is 1. The van der Waals surface area contributed by atoms with Crippen molar-refractivity contribution >= 4 is 19.6 Å². The number of fused-ring (bicyclic) bond motifs is 1. The summed E-state index contributed by atoms with van der Waals surface area (Å²) in [6, 6.07) is 7.88. The molecule has 45 heavy (non-hydrogen) atoms. The molecule has 2 aromatic rings. The molecule has 4 atom stereocenters. The Morgan fingerprint density at radius 1 is 1.04 bits per heavy atom. The number of halogens is 2. The number of anilines is 1. The maximum Gasteiger partial charge on any atom is 0.530 e. The Morgan fingerprint density at radius 3 is 2.36 bits per heavy atom. The summed E-state index contributed by atoms with van der Waals surface area (Å²) >= 11 is 0. The second-order valence-electron chi connectivity index (χ2n) is 11.5. The number of nitrogens with zero attached hydrogens (tertiary/aromatic N) is 2. The van der Waals surface area contributed by atoms with Crippen molar-refractivity contribution in [3.05, 3.63) is 52.6 Å². The summed E-state index contributed by atoms with van der Waals surface area (Å²) in [7, 11) is -4.21. The van der Waals surface area contributed by atoms with Crippen LogP contribution in [0.1, 0.15) is 102 Å². The van der Waals surface area contributed by atoms with Gasteiger partial charge in [-0.15, -0.1) is 0 Å². The lowest BCUT2D eigenvalue weighted by Crippen LogP contribution is -2.44. The summed E-state index contributed by atoms with van der Waals surface area (Å²) in [6.07, 6.45) is 8.20. The van der Waals surface area contributed by atoms with Crippen molar-refractivity contribution in [3.63, 3.8) is 0 Å². The Hall–Kier alpha value is -2.86. The van der Waals surface area contributed by atoms with Crippen LogP contribution in [0.15, 0.2) is 41.3 Å². The van der Waals surface area contributed by atoms with Gasteiger partial charge in [0.15, 0.2) is 6.10 Å². The Labute approximate surface area is 262 Å². The van der Waals surface area contributed by atoms with Crippen molar-refractivity contribution in [1.29, 1.82) is 0 Å². The Kier molecular flexibility index (Phi) is 12.9. The van der Waals surface area contributed by atoms with Gasteiger partial charge in [-0.2, -0.15) is 13.8 Å². The first-order valence-electron chi connectivity index (χ1n) is 15.9. The standard InChI is InChI=1S/C31H44F2N3O8P/c1-2-3-4-5-6-7-8-9-10-11-12-13-18-27(37)43-28-25(22-41-45(39)40-21-23-16-14-15-17-24(23)44-45)42-29(31(28,32)33)36-20-19-26(34)35-30(36)38/h14-17,19-20,25,28-29H,2-13,18,21-22H2,1H3,(H2,34,35,38)/t25-,28-,29-,45?/m1/s1. The van der Waals surface area contributed by atoms with Gasteiger partial charge in [0.1, 0.15) is 17.7 Å². The third kappa shape index (κ3) is 9.81. The molecule has 2 aliphatic heterocycles. The average Bonchev–Trinajstić information content (AvgIpc) is 3.25. The fourth-order valence-corrected chi connectivity index (χ4v) is 6.62. The molecule has 1 aromatic heterocycles. The maximum absolute atomic E-state index is 15.8. The number of aromatic nitrogens is 2. The van der Waals surface area contributed by atoms with E-state index in [-0.39, 0.29) is 24.6 Å². The number of para-hydroxylation sites is 1. The van der Waals surface area contributed by atoms with Crippen LogP contribution in [0.4, 0.5) is 14.6 Å². The summed E-state index contributed by atoms with van der Waals surface area (Å²) in [5.74, 6) is -4.60. The smallest absolute Gasteiger partial charge is 0.453 e. The highest BCUT2D eigenvalue weighted by Gasteiger charge is 2.63. The molecule has 3 heterocycles. The van der Waals surface area contributed by atoms with Crippen LogP contribution in [0, 0.1) is 0 Å². The number of nitrogens with two attached hydrogens (primary N) is 1. The van der Waals surface area contributed by atoms with E-state index in [9.17, 15) is 14.2 Å². The minimum atomic E-state index is -4.21. The van der Waals surface area contributed by atoms with Crippen LogP contribution in [0.2, 0.25) is 0 Å². The summed E-state index contributed by atoms with van der Waals surface area (Å²) in [5.41, 5.74) is 5.07. The summed E-state index contributed by atoms with van der Waals surface area (Å²) in [5, 5.41) is 0. The monoisotopic (exact) mass is 655 g/mol. The van der Waals surface area contributed by atoms with E-state index in [2.05, 4.69) is 11.9 Å². The van der Waals surface area contributed by atoms with Gasteiger partial charge in [-0.05, 0) is 18.6 Å². The topological polar surface area (TPSA) is 141 Å². The van der Waals surface area contributed by atoms with Crippen LogP contribution in [-0.4, -0.2) is 40.3 Å². The van der Waals surface area contributed by atoms with Crippen LogP contribution in [0.5, 0.6) is 5.75 Å². The van der Waals surface area contributed by atoms with Crippen LogP contribution in [-0.2, 0) is 34.5 Å². The summed E-state index contributed by atoms with van der Waals surface area (Å²) < 4.78 is 72.1. The molecule has 1 fully saturated rings. The van der Waals surface area contributed by atoms with Gasteiger partial charge < -0.3 is 19.7 Å². The first-order valence-corrected chi connectivity index (χ1v) is 17.3. The van der Waals surface area contributed by atoms with E-state index in [4.69, 9.17) is 28.8 Å². The van der Waals surface area contributed by atoms with Crippen molar-refractivity contribution in [2.75, 3.05) is 12.3 Å². The highest BCUT2D eigenvalue weighted by molar-refractivity contribution is 7.49. The van der Waals surface area contributed by atoms with Gasteiger partial charge in [0, 0.05) is 18.2 Å². The average molecular weight is 656 g/mol. The van der Waals surface area contributed by atoms with Gasteiger partial charge in [-0.3, -0.25) is 18.4 Å². The van der Waals surface area contributed by atoms with E-state index < -0.39 is 50.4 Å². The van der Waals surface area contributed by atoms with Gasteiger partial charge in [0.2, 0.25) is 6.23 Å². The molecule has 1 aromatic carbocycles. The predicted octanol–water partition coefficient (Wildman–Crippen LogP) is 7.10. The number of carbonyl (C=O) groups excluding carboxylic acids is 1. The molecule has 0 radical (unpaired) electrons. The second kappa shape index (κ2) is 16.6. The highest BCUT2D eigenvalue weighted by Crippen LogP contribution is 2.55. The normalized spacial score (nSPS) is 23.8. The minimum absolute atomic E-state index is 0.0624. The third-order valence-electron chi connectivity index (χ3n) is 7.90. The summed E-state index contributed by atoms with van der Waals surface area (Å²) in [6.45, 7) is 1.39. The number of phosphoric acid groups is 1. The molecule has 1 saturated heterocycles. The lowest BCUT2D eigenvalue weighted by molar-refractivity contribution is -0.176. The van der Waals surface area contributed by atoms with Gasteiger partial charge in [-0.1, -0.05) is 95.8 Å². The lowest BCUT2D eigenvalue weighted by atomic mass is 10.0. The minimum Gasteiger partial charge on any atom is -0.453 e. The Bertz CT molecular complexity index is 1360. The zero-order chi connectivity index (χ0) is 32.3. The molecule has 2 N–H and O–H groups in total. The van der Waals surface area contributed by atoms with E-state index in [0.29, 0.717) is 16.6 Å². The zero-order valence-electron chi connectivity index (χ0n) is 25.7. The molecule has 0 saturated carbocycles. The fourth-order valence-electron chi connectivity index (χ4n) is 5.40. The first-order chi connectivity index (χ1) is 21.6. The van der Waals surface area contributed by atoms with E-state index in [1.54, 1.807) is 24.3 Å². The van der Waals surface area contributed by atoms with E-state index in [1.807, 2.05) is 0 Å². The molecule has 11 nitrogen and oxygen atoms in total. The van der Waals surface area contributed by atoms with Gasteiger partial charge in [0.25, 0.3) is 0 Å². The van der Waals surface area contributed by atoms with E-state index in [1.165, 1.54) is 51.0 Å². The first kappa shape index (κ1) is 35.0. The third-order valence-corrected chi connectivity index (χ3v) is 9.24. The van der Waals surface area contributed by atoms with Crippen molar-refractivity contribution < 1.29 is 41.2 Å². The van der Waals surface area contributed by atoms with E-state index in [0.717, 1.165) is 31.9 Å². The number of hydrogen-bond donors (Lipinski definition) is 1. The molecule has 0 spiro atoms. The van der Waals surface area contributed by atoms with Crippen molar-refractivity contribution in [3.8, 4) is 5.75 Å². The van der Waals surface area contributed by atoms with Crippen LogP contribution >= 0.6 is 7.82 Å².